The zero-order valence-electron chi connectivity index (χ0n) is 14.5. The van der Waals surface area contributed by atoms with Crippen LogP contribution in [0.3, 0.4) is 0 Å². The Bertz CT molecular complexity index is 996. The summed E-state index contributed by atoms with van der Waals surface area (Å²) in [5.74, 6) is -0.262. The van der Waals surface area contributed by atoms with Crippen molar-refractivity contribution in [1.29, 1.82) is 0 Å². The lowest BCUT2D eigenvalue weighted by Gasteiger charge is -2.18. The van der Waals surface area contributed by atoms with Gasteiger partial charge in [0.2, 0.25) is 0 Å². The second kappa shape index (κ2) is 6.88. The summed E-state index contributed by atoms with van der Waals surface area (Å²) in [7, 11) is 0. The maximum Gasteiger partial charge on any atom is 0.170 e. The Morgan fingerprint density at radius 2 is 1.65 bits per heavy atom. The third-order valence-corrected chi connectivity index (χ3v) is 4.31. The molecule has 0 aliphatic carbocycles. The van der Waals surface area contributed by atoms with Gasteiger partial charge in [0.15, 0.2) is 5.84 Å². The number of phenolic OH excluding ortho intramolecular Hbond substituents is 1. The standard InChI is InChI=1S/C21H19FN2O2/c1-12-9-18(14-4-7-16(25)8-5-14)20(19(10-12)21(23)24-26)17-11-15(22)6-3-13(17)2/h3-11,25-26H,1-2H3,(H2,23,24). The number of hydrogen-bond acceptors (Lipinski definition) is 3. The van der Waals surface area contributed by atoms with Crippen LogP contribution in [0.2, 0.25) is 0 Å². The zero-order valence-corrected chi connectivity index (χ0v) is 14.5. The van der Waals surface area contributed by atoms with Crippen LogP contribution in [-0.4, -0.2) is 16.1 Å². The molecule has 0 bridgehead atoms. The lowest BCUT2D eigenvalue weighted by atomic mass is 9.86. The molecule has 0 heterocycles. The number of nitrogens with zero attached hydrogens (tertiary/aromatic N) is 1. The zero-order chi connectivity index (χ0) is 18.8. The summed E-state index contributed by atoms with van der Waals surface area (Å²) < 4.78 is 14.0. The smallest absolute Gasteiger partial charge is 0.170 e. The molecule has 5 heteroatoms. The van der Waals surface area contributed by atoms with Gasteiger partial charge in [0.05, 0.1) is 0 Å². The van der Waals surface area contributed by atoms with Crippen molar-refractivity contribution in [2.24, 2.45) is 10.9 Å². The molecular weight excluding hydrogens is 331 g/mol. The second-order valence-electron chi connectivity index (χ2n) is 6.23. The SMILES string of the molecule is Cc1cc(/C(N)=N/O)c(-c2cc(F)ccc2C)c(-c2ccc(O)cc2)c1. The lowest BCUT2D eigenvalue weighted by Crippen LogP contribution is -2.15. The molecule has 0 atom stereocenters. The van der Waals surface area contributed by atoms with Crippen LogP contribution in [-0.2, 0) is 0 Å². The molecule has 0 aliphatic heterocycles. The van der Waals surface area contributed by atoms with Crippen molar-refractivity contribution in [3.63, 3.8) is 0 Å². The molecule has 0 saturated carbocycles. The first-order valence-electron chi connectivity index (χ1n) is 8.09. The summed E-state index contributed by atoms with van der Waals surface area (Å²) in [6, 6.07) is 15.0. The van der Waals surface area contributed by atoms with E-state index < -0.39 is 0 Å². The van der Waals surface area contributed by atoms with Gasteiger partial charge in [-0.05, 0) is 72.0 Å². The van der Waals surface area contributed by atoms with Crippen LogP contribution in [0.1, 0.15) is 16.7 Å². The summed E-state index contributed by atoms with van der Waals surface area (Å²) >= 11 is 0. The molecule has 26 heavy (non-hydrogen) atoms. The van der Waals surface area contributed by atoms with Crippen molar-refractivity contribution in [2.45, 2.75) is 13.8 Å². The normalized spacial score (nSPS) is 11.6. The van der Waals surface area contributed by atoms with Crippen LogP contribution in [0.15, 0.2) is 59.8 Å². The van der Waals surface area contributed by atoms with Crippen LogP contribution in [0, 0.1) is 19.7 Å². The van der Waals surface area contributed by atoms with Gasteiger partial charge < -0.3 is 16.0 Å². The Morgan fingerprint density at radius 1 is 0.962 bits per heavy atom. The fourth-order valence-corrected chi connectivity index (χ4v) is 3.06. The summed E-state index contributed by atoms with van der Waals surface area (Å²) in [5.41, 5.74) is 11.2. The highest BCUT2D eigenvalue weighted by atomic mass is 19.1. The van der Waals surface area contributed by atoms with Crippen LogP contribution in [0.4, 0.5) is 4.39 Å². The predicted molar refractivity (Wildman–Crippen MR) is 101 cm³/mol. The average Bonchev–Trinajstić information content (AvgIpc) is 2.63. The Labute approximate surface area is 151 Å². The van der Waals surface area contributed by atoms with Crippen molar-refractivity contribution in [3.8, 4) is 28.0 Å². The maximum absolute atomic E-state index is 14.0. The van der Waals surface area contributed by atoms with Crippen LogP contribution in [0.25, 0.3) is 22.3 Å². The third kappa shape index (κ3) is 3.24. The van der Waals surface area contributed by atoms with E-state index in [1.807, 2.05) is 19.9 Å². The van der Waals surface area contributed by atoms with E-state index in [9.17, 15) is 14.7 Å². The highest BCUT2D eigenvalue weighted by Gasteiger charge is 2.18. The molecule has 0 saturated heterocycles. The van der Waals surface area contributed by atoms with Gasteiger partial charge in [0.1, 0.15) is 11.6 Å². The number of aryl methyl sites for hydroxylation is 2. The minimum absolute atomic E-state index is 0.0487. The van der Waals surface area contributed by atoms with Gasteiger partial charge in [-0.1, -0.05) is 29.4 Å². The molecule has 3 aromatic rings. The predicted octanol–water partition coefficient (Wildman–Crippen LogP) is 4.58. The number of nitrogens with two attached hydrogens (primary N) is 1. The van der Waals surface area contributed by atoms with E-state index in [1.54, 1.807) is 36.4 Å². The van der Waals surface area contributed by atoms with E-state index in [-0.39, 0.29) is 17.4 Å². The molecule has 0 unspecified atom stereocenters. The maximum atomic E-state index is 14.0. The van der Waals surface area contributed by atoms with Crippen molar-refractivity contribution in [1.82, 2.24) is 0 Å². The first-order chi connectivity index (χ1) is 12.4. The first kappa shape index (κ1) is 17.5. The summed E-state index contributed by atoms with van der Waals surface area (Å²) in [4.78, 5) is 0. The Kier molecular flexibility index (Phi) is 4.63. The molecule has 0 aliphatic rings. The van der Waals surface area contributed by atoms with Crippen LogP contribution >= 0.6 is 0 Å². The summed E-state index contributed by atoms with van der Waals surface area (Å²) in [6.45, 7) is 3.78. The van der Waals surface area contributed by atoms with Gasteiger partial charge in [0.25, 0.3) is 0 Å². The number of rotatable bonds is 3. The quantitative estimate of drug-likeness (QED) is 0.280. The fourth-order valence-electron chi connectivity index (χ4n) is 3.06. The molecule has 4 N–H and O–H groups in total. The number of hydrogen-bond donors (Lipinski definition) is 3. The number of amidine groups is 1. The molecule has 3 aromatic carbocycles. The van der Waals surface area contributed by atoms with Gasteiger partial charge >= 0.3 is 0 Å². The molecule has 0 radical (unpaired) electrons. The number of halogens is 1. The number of oxime groups is 1. The van der Waals surface area contributed by atoms with Gasteiger partial charge in [-0.25, -0.2) is 4.39 Å². The van der Waals surface area contributed by atoms with Gasteiger partial charge in [0, 0.05) is 11.1 Å². The van der Waals surface area contributed by atoms with Crippen molar-refractivity contribution >= 4 is 5.84 Å². The van der Waals surface area contributed by atoms with Crippen molar-refractivity contribution < 1.29 is 14.7 Å². The monoisotopic (exact) mass is 350 g/mol. The third-order valence-electron chi connectivity index (χ3n) is 4.31. The molecule has 0 spiro atoms. The molecule has 132 valence electrons. The highest BCUT2D eigenvalue weighted by molar-refractivity contribution is 6.07. The largest absolute Gasteiger partial charge is 0.508 e. The number of aromatic hydroxyl groups is 1. The Balaban J connectivity index is 2.42. The molecule has 0 fully saturated rings. The first-order valence-corrected chi connectivity index (χ1v) is 8.09. The van der Waals surface area contributed by atoms with E-state index in [0.717, 1.165) is 22.3 Å². The fraction of sp³-hybridized carbons (Fsp3) is 0.0952. The Morgan fingerprint density at radius 3 is 2.31 bits per heavy atom. The van der Waals surface area contributed by atoms with Crippen LogP contribution < -0.4 is 5.73 Å². The molecular formula is C21H19FN2O2. The Hall–Kier alpha value is -3.34. The van der Waals surface area contributed by atoms with Crippen molar-refractivity contribution in [2.75, 3.05) is 0 Å². The molecule has 3 rings (SSSR count). The number of phenols is 1. The molecule has 0 amide bonds. The second-order valence-corrected chi connectivity index (χ2v) is 6.23. The van der Waals surface area contributed by atoms with E-state index in [4.69, 9.17) is 5.73 Å². The minimum atomic E-state index is -0.367. The number of benzene rings is 3. The summed E-state index contributed by atoms with van der Waals surface area (Å²) in [5, 5.41) is 22.0. The topological polar surface area (TPSA) is 78.8 Å². The summed E-state index contributed by atoms with van der Waals surface area (Å²) in [6.07, 6.45) is 0. The van der Waals surface area contributed by atoms with Gasteiger partial charge in [-0.15, -0.1) is 0 Å². The van der Waals surface area contributed by atoms with Gasteiger partial charge in [-0.2, -0.15) is 0 Å². The highest BCUT2D eigenvalue weighted by Crippen LogP contribution is 2.38. The lowest BCUT2D eigenvalue weighted by molar-refractivity contribution is 0.318. The van der Waals surface area contributed by atoms with E-state index in [1.165, 1.54) is 12.1 Å². The van der Waals surface area contributed by atoms with E-state index in [0.29, 0.717) is 16.7 Å². The molecule has 4 nitrogen and oxygen atoms in total. The van der Waals surface area contributed by atoms with E-state index in [2.05, 4.69) is 5.16 Å². The van der Waals surface area contributed by atoms with E-state index >= 15 is 0 Å². The van der Waals surface area contributed by atoms with Gasteiger partial charge in [-0.3, -0.25) is 0 Å². The molecule has 0 aromatic heterocycles. The minimum Gasteiger partial charge on any atom is -0.508 e. The van der Waals surface area contributed by atoms with Crippen molar-refractivity contribution in [3.05, 3.63) is 77.1 Å². The van der Waals surface area contributed by atoms with Crippen LogP contribution in [0.5, 0.6) is 5.75 Å². The average molecular weight is 350 g/mol.